The molecule has 124 valence electrons. The molecular formula is C17H30N4O. The van der Waals surface area contributed by atoms with E-state index >= 15 is 0 Å². The van der Waals surface area contributed by atoms with Gasteiger partial charge in [-0.15, -0.1) is 0 Å². The van der Waals surface area contributed by atoms with Gasteiger partial charge >= 0.3 is 0 Å². The molecule has 1 aliphatic heterocycles. The van der Waals surface area contributed by atoms with Crippen molar-refractivity contribution in [2.24, 2.45) is 0 Å². The molecule has 3 rings (SSSR count). The molecule has 2 aliphatic rings. The smallest absolute Gasteiger partial charge is 0.0659 e. The van der Waals surface area contributed by atoms with Crippen molar-refractivity contribution in [3.05, 3.63) is 17.5 Å². The third-order valence-corrected chi connectivity index (χ3v) is 4.55. The number of hydrogen-bond acceptors (Lipinski definition) is 4. The Labute approximate surface area is 134 Å². The van der Waals surface area contributed by atoms with Gasteiger partial charge in [0.25, 0.3) is 0 Å². The topological polar surface area (TPSA) is 42.3 Å². The van der Waals surface area contributed by atoms with Crippen LogP contribution >= 0.6 is 0 Å². The molecule has 0 bridgehead atoms. The summed E-state index contributed by atoms with van der Waals surface area (Å²) < 4.78 is 7.58. The number of rotatable bonds is 8. The lowest BCUT2D eigenvalue weighted by Crippen LogP contribution is -2.37. The summed E-state index contributed by atoms with van der Waals surface area (Å²) in [4.78, 5) is 2.49. The first-order valence-corrected chi connectivity index (χ1v) is 8.83. The number of morpholine rings is 1. The molecule has 1 aromatic rings. The Morgan fingerprint density at radius 2 is 2.09 bits per heavy atom. The van der Waals surface area contributed by atoms with Crippen LogP contribution in [-0.2, 0) is 11.3 Å². The number of ether oxygens (including phenoxy) is 1. The summed E-state index contributed by atoms with van der Waals surface area (Å²) in [5.74, 6) is 0.736. The fourth-order valence-corrected chi connectivity index (χ4v) is 3.08. The molecule has 1 saturated heterocycles. The first-order valence-electron chi connectivity index (χ1n) is 8.83. The lowest BCUT2D eigenvalue weighted by Gasteiger charge is -2.26. The highest BCUT2D eigenvalue weighted by Gasteiger charge is 2.27. The molecule has 1 saturated carbocycles. The van der Waals surface area contributed by atoms with Gasteiger partial charge in [-0.1, -0.05) is 0 Å². The molecular weight excluding hydrogens is 276 g/mol. The van der Waals surface area contributed by atoms with E-state index in [4.69, 9.17) is 9.84 Å². The van der Waals surface area contributed by atoms with E-state index in [1.807, 2.05) is 0 Å². The fourth-order valence-electron chi connectivity index (χ4n) is 3.08. The van der Waals surface area contributed by atoms with E-state index in [9.17, 15) is 0 Å². The minimum Gasteiger partial charge on any atom is -0.379 e. The molecule has 0 aromatic carbocycles. The van der Waals surface area contributed by atoms with Crippen LogP contribution in [-0.4, -0.2) is 54.1 Å². The van der Waals surface area contributed by atoms with Crippen molar-refractivity contribution in [1.29, 1.82) is 0 Å². The molecule has 2 fully saturated rings. The van der Waals surface area contributed by atoms with Crippen LogP contribution in [0.1, 0.15) is 56.5 Å². The molecule has 5 heteroatoms. The molecule has 2 heterocycles. The Balaban J connectivity index is 1.40. The summed E-state index contributed by atoms with van der Waals surface area (Å²) in [5.41, 5.74) is 2.64. The number of hydrogen-bond donors (Lipinski definition) is 1. The first-order chi connectivity index (χ1) is 10.7. The van der Waals surface area contributed by atoms with Crippen LogP contribution < -0.4 is 5.32 Å². The van der Waals surface area contributed by atoms with E-state index in [1.165, 1.54) is 37.2 Å². The maximum atomic E-state index is 5.38. The Hall–Kier alpha value is -0.910. The second kappa shape index (κ2) is 7.57. The van der Waals surface area contributed by atoms with Crippen molar-refractivity contribution >= 4 is 0 Å². The second-order valence-corrected chi connectivity index (χ2v) is 6.86. The van der Waals surface area contributed by atoms with Gasteiger partial charge in [0.05, 0.1) is 24.6 Å². The van der Waals surface area contributed by atoms with Gasteiger partial charge < -0.3 is 10.1 Å². The second-order valence-electron chi connectivity index (χ2n) is 6.86. The zero-order valence-corrected chi connectivity index (χ0v) is 14.1. The Kier molecular flexibility index (Phi) is 5.50. The molecule has 0 atom stereocenters. The van der Waals surface area contributed by atoms with Crippen LogP contribution in [0.4, 0.5) is 0 Å². The lowest BCUT2D eigenvalue weighted by atomic mass is 10.2. The average Bonchev–Trinajstić information content (AvgIpc) is 3.28. The number of nitrogens with zero attached hydrogens (tertiary/aromatic N) is 3. The van der Waals surface area contributed by atoms with E-state index in [-0.39, 0.29) is 0 Å². The maximum absolute atomic E-state index is 5.38. The van der Waals surface area contributed by atoms with Crippen LogP contribution in [0.5, 0.6) is 0 Å². The van der Waals surface area contributed by atoms with Gasteiger partial charge in [-0.05, 0) is 52.3 Å². The Morgan fingerprint density at radius 1 is 1.32 bits per heavy atom. The van der Waals surface area contributed by atoms with E-state index < -0.39 is 0 Å². The Morgan fingerprint density at radius 3 is 2.77 bits per heavy atom. The maximum Gasteiger partial charge on any atom is 0.0659 e. The monoisotopic (exact) mass is 306 g/mol. The molecule has 0 unspecified atom stereocenters. The van der Waals surface area contributed by atoms with E-state index in [0.29, 0.717) is 6.04 Å². The summed E-state index contributed by atoms with van der Waals surface area (Å²) >= 11 is 0. The molecule has 1 aliphatic carbocycles. The van der Waals surface area contributed by atoms with Gasteiger partial charge in [-0.3, -0.25) is 9.58 Å². The zero-order chi connectivity index (χ0) is 15.4. The van der Waals surface area contributed by atoms with Crippen LogP contribution in [0.25, 0.3) is 0 Å². The number of aromatic nitrogens is 2. The van der Waals surface area contributed by atoms with Gasteiger partial charge in [0.2, 0.25) is 0 Å². The predicted molar refractivity (Wildman–Crippen MR) is 88.2 cm³/mol. The van der Waals surface area contributed by atoms with Crippen molar-refractivity contribution in [2.75, 3.05) is 39.4 Å². The summed E-state index contributed by atoms with van der Waals surface area (Å²) in [6, 6.07) is 2.75. The highest BCUT2D eigenvalue weighted by atomic mass is 16.5. The average molecular weight is 306 g/mol. The summed E-state index contributed by atoms with van der Waals surface area (Å²) in [6.45, 7) is 11.6. The van der Waals surface area contributed by atoms with Crippen molar-refractivity contribution in [3.8, 4) is 0 Å². The third kappa shape index (κ3) is 4.31. The molecule has 5 nitrogen and oxygen atoms in total. The molecule has 22 heavy (non-hydrogen) atoms. The van der Waals surface area contributed by atoms with Gasteiger partial charge in [-0.25, -0.2) is 0 Å². The summed E-state index contributed by atoms with van der Waals surface area (Å²) in [5, 5.41) is 8.39. The standard InChI is InChI=1S/C17H30N4O/c1-14(2)21-16(12-17(19-21)15-4-5-15)13-18-6-3-7-20-8-10-22-11-9-20/h12,14-15,18H,3-11,13H2,1-2H3. The van der Waals surface area contributed by atoms with Gasteiger partial charge in [0.1, 0.15) is 0 Å². The van der Waals surface area contributed by atoms with Gasteiger partial charge in [-0.2, -0.15) is 5.10 Å². The van der Waals surface area contributed by atoms with E-state index in [2.05, 4.69) is 34.8 Å². The molecule has 0 radical (unpaired) electrons. The highest BCUT2D eigenvalue weighted by Crippen LogP contribution is 2.39. The van der Waals surface area contributed by atoms with Crippen molar-refractivity contribution < 1.29 is 4.74 Å². The van der Waals surface area contributed by atoms with E-state index in [0.717, 1.165) is 45.3 Å². The van der Waals surface area contributed by atoms with Gasteiger partial charge in [0, 0.05) is 31.6 Å². The zero-order valence-electron chi connectivity index (χ0n) is 14.1. The minimum atomic E-state index is 0.442. The van der Waals surface area contributed by atoms with E-state index in [1.54, 1.807) is 0 Å². The molecule has 1 aromatic heterocycles. The van der Waals surface area contributed by atoms with Crippen molar-refractivity contribution in [1.82, 2.24) is 20.0 Å². The summed E-state index contributed by atoms with van der Waals surface area (Å²) in [7, 11) is 0. The minimum absolute atomic E-state index is 0.442. The number of nitrogens with one attached hydrogen (secondary N) is 1. The lowest BCUT2D eigenvalue weighted by molar-refractivity contribution is 0.0374. The quantitative estimate of drug-likeness (QED) is 0.747. The molecule has 0 amide bonds. The van der Waals surface area contributed by atoms with Crippen LogP contribution in [0.2, 0.25) is 0 Å². The SMILES string of the molecule is CC(C)n1nc(C2CC2)cc1CNCCCN1CCOCC1. The Bertz CT molecular complexity index is 461. The first kappa shape index (κ1) is 16.0. The van der Waals surface area contributed by atoms with Gasteiger partial charge in [0.15, 0.2) is 0 Å². The predicted octanol–water partition coefficient (Wildman–Crippen LogP) is 2.15. The molecule has 1 N–H and O–H groups in total. The van der Waals surface area contributed by atoms with Crippen LogP contribution in [0.3, 0.4) is 0 Å². The normalized spacial score (nSPS) is 20.0. The van der Waals surface area contributed by atoms with Crippen LogP contribution in [0, 0.1) is 0 Å². The third-order valence-electron chi connectivity index (χ3n) is 4.55. The van der Waals surface area contributed by atoms with Crippen molar-refractivity contribution in [2.45, 2.75) is 51.6 Å². The fraction of sp³-hybridized carbons (Fsp3) is 0.824. The van der Waals surface area contributed by atoms with Crippen molar-refractivity contribution in [3.63, 3.8) is 0 Å². The largest absolute Gasteiger partial charge is 0.379 e. The molecule has 0 spiro atoms. The van der Waals surface area contributed by atoms with Crippen LogP contribution in [0.15, 0.2) is 6.07 Å². The summed E-state index contributed by atoms with van der Waals surface area (Å²) in [6.07, 6.45) is 3.84. The highest BCUT2D eigenvalue weighted by molar-refractivity contribution is 5.19.